The summed E-state index contributed by atoms with van der Waals surface area (Å²) < 4.78 is 4.56. The molecular formula is C12H19NO7. The van der Waals surface area contributed by atoms with E-state index in [1.165, 1.54) is 4.90 Å². The molecule has 1 saturated heterocycles. The lowest BCUT2D eigenvalue weighted by atomic mass is 9.88. The van der Waals surface area contributed by atoms with Crippen molar-refractivity contribution in [3.8, 4) is 0 Å². The number of carbonyl (C=O) groups is 2. The van der Waals surface area contributed by atoms with Crippen LogP contribution >= 0.6 is 0 Å². The number of aliphatic hydroxyl groups excluding tert-OH is 1. The molecule has 0 spiro atoms. The van der Waals surface area contributed by atoms with Crippen LogP contribution in [0.1, 0.15) is 25.7 Å². The molecule has 0 aliphatic carbocycles. The van der Waals surface area contributed by atoms with Gasteiger partial charge in [-0.1, -0.05) is 13.0 Å². The molecule has 4 N–H and O–H groups in total. The van der Waals surface area contributed by atoms with E-state index < -0.39 is 36.1 Å². The van der Waals surface area contributed by atoms with E-state index in [2.05, 4.69) is 11.3 Å². The summed E-state index contributed by atoms with van der Waals surface area (Å²) >= 11 is 0. The monoisotopic (exact) mass is 289 g/mol. The van der Waals surface area contributed by atoms with Crippen molar-refractivity contribution in [1.29, 1.82) is 0 Å². The van der Waals surface area contributed by atoms with Gasteiger partial charge in [0.05, 0.1) is 6.42 Å². The second-order valence-corrected chi connectivity index (χ2v) is 4.65. The van der Waals surface area contributed by atoms with Crippen molar-refractivity contribution in [2.75, 3.05) is 13.1 Å². The van der Waals surface area contributed by atoms with Crippen molar-refractivity contribution in [3.05, 3.63) is 12.3 Å². The van der Waals surface area contributed by atoms with Gasteiger partial charge in [-0.05, 0) is 25.9 Å². The van der Waals surface area contributed by atoms with E-state index in [1.54, 1.807) is 0 Å². The van der Waals surface area contributed by atoms with Crippen molar-refractivity contribution in [2.45, 2.75) is 37.7 Å². The van der Waals surface area contributed by atoms with Crippen LogP contribution < -0.4 is 0 Å². The van der Waals surface area contributed by atoms with Crippen LogP contribution in [0.15, 0.2) is 12.3 Å². The Morgan fingerprint density at radius 2 is 1.75 bits per heavy atom. The van der Waals surface area contributed by atoms with Crippen LogP contribution in [0.4, 0.5) is 0 Å². The zero-order valence-electron chi connectivity index (χ0n) is 11.0. The highest BCUT2D eigenvalue weighted by Gasteiger charge is 2.51. The van der Waals surface area contributed by atoms with E-state index in [9.17, 15) is 14.7 Å². The number of nitrogens with zero attached hydrogens (tertiary/aromatic N) is 1. The lowest BCUT2D eigenvalue weighted by Crippen LogP contribution is -2.59. The first-order valence-corrected chi connectivity index (χ1v) is 6.23. The number of aliphatic carboxylic acids is 2. The lowest BCUT2D eigenvalue weighted by molar-refractivity contribution is -0.224. The number of likely N-dealkylation sites (tertiary alicyclic amines) is 1. The predicted octanol–water partition coefficient (Wildman–Crippen LogP) is -0.431. The summed E-state index contributed by atoms with van der Waals surface area (Å²) in [4.78, 5) is 24.2. The molecule has 0 aromatic heterocycles. The van der Waals surface area contributed by atoms with Crippen molar-refractivity contribution < 1.29 is 34.8 Å². The first-order chi connectivity index (χ1) is 9.30. The summed E-state index contributed by atoms with van der Waals surface area (Å²) in [7, 11) is 0. The van der Waals surface area contributed by atoms with E-state index >= 15 is 0 Å². The molecule has 0 aromatic rings. The SMILES string of the molecule is C=C(OC(O)O)C(CC(=O)O)(C(=O)O)N1CCCCC1. The highest BCUT2D eigenvalue weighted by molar-refractivity contribution is 5.88. The number of hydrogen-bond acceptors (Lipinski definition) is 6. The summed E-state index contributed by atoms with van der Waals surface area (Å²) in [5.41, 5.74) is -2.00. The van der Waals surface area contributed by atoms with Gasteiger partial charge in [-0.3, -0.25) is 9.69 Å². The van der Waals surface area contributed by atoms with Crippen LogP contribution in [0.3, 0.4) is 0 Å². The first kappa shape index (κ1) is 16.4. The summed E-state index contributed by atoms with van der Waals surface area (Å²) in [6, 6.07) is 0. The fraction of sp³-hybridized carbons (Fsp3) is 0.667. The molecule has 0 bridgehead atoms. The normalized spacial score (nSPS) is 19.4. The van der Waals surface area contributed by atoms with Crippen LogP contribution in [0.25, 0.3) is 0 Å². The maximum absolute atomic E-state index is 11.7. The van der Waals surface area contributed by atoms with E-state index in [0.29, 0.717) is 13.1 Å². The highest BCUT2D eigenvalue weighted by Crippen LogP contribution is 2.32. The highest BCUT2D eigenvalue weighted by atomic mass is 16.7. The smallest absolute Gasteiger partial charge is 0.332 e. The molecule has 1 heterocycles. The van der Waals surface area contributed by atoms with E-state index in [0.717, 1.165) is 19.3 Å². The molecule has 0 amide bonds. The quantitative estimate of drug-likeness (QED) is 0.367. The minimum atomic E-state index is -2.25. The minimum absolute atomic E-state index is 0.378. The number of ether oxygens (including phenoxy) is 1. The maximum atomic E-state index is 11.7. The van der Waals surface area contributed by atoms with Gasteiger partial charge >= 0.3 is 18.4 Å². The van der Waals surface area contributed by atoms with E-state index in [1.807, 2.05) is 0 Å². The van der Waals surface area contributed by atoms with Crippen molar-refractivity contribution >= 4 is 11.9 Å². The molecule has 114 valence electrons. The minimum Gasteiger partial charge on any atom is -0.481 e. The maximum Gasteiger partial charge on any atom is 0.332 e. The van der Waals surface area contributed by atoms with Crippen LogP contribution in [-0.2, 0) is 14.3 Å². The Labute approximate surface area is 115 Å². The van der Waals surface area contributed by atoms with Crippen LogP contribution in [0, 0.1) is 0 Å². The van der Waals surface area contributed by atoms with Gasteiger partial charge in [-0.2, -0.15) is 0 Å². The van der Waals surface area contributed by atoms with Gasteiger partial charge in [-0.15, -0.1) is 0 Å². The molecule has 1 aliphatic heterocycles. The van der Waals surface area contributed by atoms with Crippen molar-refractivity contribution in [1.82, 2.24) is 4.90 Å². The molecule has 0 aromatic carbocycles. The molecule has 0 saturated carbocycles. The van der Waals surface area contributed by atoms with Crippen LogP contribution in [0.5, 0.6) is 0 Å². The zero-order chi connectivity index (χ0) is 15.3. The summed E-state index contributed by atoms with van der Waals surface area (Å²) in [6.07, 6.45) is 1.61. The Balaban J connectivity index is 3.15. The predicted molar refractivity (Wildman–Crippen MR) is 66.5 cm³/mol. The molecule has 0 radical (unpaired) electrons. The molecule has 1 fully saturated rings. The van der Waals surface area contributed by atoms with Gasteiger partial charge in [0, 0.05) is 0 Å². The van der Waals surface area contributed by atoms with Crippen molar-refractivity contribution in [2.24, 2.45) is 0 Å². The Kier molecular flexibility index (Phi) is 5.49. The van der Waals surface area contributed by atoms with Gasteiger partial charge in [-0.25, -0.2) is 4.79 Å². The largest absolute Gasteiger partial charge is 0.481 e. The molecule has 8 heteroatoms. The molecule has 1 aliphatic rings. The molecule has 1 rings (SSSR count). The van der Waals surface area contributed by atoms with E-state index in [4.69, 9.17) is 15.3 Å². The third kappa shape index (κ3) is 3.47. The third-order valence-electron chi connectivity index (χ3n) is 3.37. The Bertz CT molecular complexity index is 389. The lowest BCUT2D eigenvalue weighted by Gasteiger charge is -2.42. The Morgan fingerprint density at radius 1 is 1.20 bits per heavy atom. The zero-order valence-corrected chi connectivity index (χ0v) is 11.0. The molecule has 1 unspecified atom stereocenters. The average Bonchev–Trinajstić information content (AvgIpc) is 2.35. The van der Waals surface area contributed by atoms with Gasteiger partial charge in [0.15, 0.2) is 5.54 Å². The van der Waals surface area contributed by atoms with E-state index in [-0.39, 0.29) is 0 Å². The number of carboxylic acids is 2. The summed E-state index contributed by atoms with van der Waals surface area (Å²) in [5.74, 6) is -3.27. The Morgan fingerprint density at radius 3 is 2.15 bits per heavy atom. The van der Waals surface area contributed by atoms with Gasteiger partial charge in [0.2, 0.25) is 0 Å². The average molecular weight is 289 g/mol. The van der Waals surface area contributed by atoms with Crippen LogP contribution in [-0.4, -0.2) is 62.4 Å². The second kappa shape index (κ2) is 6.69. The second-order valence-electron chi connectivity index (χ2n) is 4.65. The van der Waals surface area contributed by atoms with Gasteiger partial charge in [0.1, 0.15) is 5.76 Å². The Hall–Kier alpha value is -1.64. The standard InChI is InChI=1S/C12H19NO7/c1-8(20-11(18)19)12(10(16)17,7-9(14)15)13-5-3-2-4-6-13/h11,18-19H,1-7H2,(H,14,15)(H,16,17). The van der Waals surface area contributed by atoms with Crippen LogP contribution in [0.2, 0.25) is 0 Å². The van der Waals surface area contributed by atoms with Gasteiger partial charge in [0.25, 0.3) is 0 Å². The number of carboxylic acid groups (broad SMARTS) is 2. The number of hydrogen-bond donors (Lipinski definition) is 4. The fourth-order valence-electron chi connectivity index (χ4n) is 2.44. The van der Waals surface area contributed by atoms with Crippen molar-refractivity contribution in [3.63, 3.8) is 0 Å². The molecule has 8 nitrogen and oxygen atoms in total. The molecule has 20 heavy (non-hydrogen) atoms. The number of aliphatic hydroxyl groups is 2. The topological polar surface area (TPSA) is 128 Å². The fourth-order valence-corrected chi connectivity index (χ4v) is 2.44. The number of rotatable bonds is 7. The summed E-state index contributed by atoms with van der Waals surface area (Å²) in [5, 5.41) is 36.1. The first-order valence-electron chi connectivity index (χ1n) is 6.23. The molecular weight excluding hydrogens is 270 g/mol. The molecule has 1 atom stereocenters. The van der Waals surface area contributed by atoms with Gasteiger partial charge < -0.3 is 25.2 Å². The number of piperidine rings is 1. The third-order valence-corrected chi connectivity index (χ3v) is 3.37. The summed E-state index contributed by atoms with van der Waals surface area (Å²) in [6.45, 7) is 1.90.